The third-order valence-corrected chi connectivity index (χ3v) is 5.14. The number of anilines is 1. The van der Waals surface area contributed by atoms with Gasteiger partial charge in [-0.1, -0.05) is 6.92 Å². The molecule has 0 saturated carbocycles. The number of hydrogen-bond donors (Lipinski definition) is 1. The van der Waals surface area contributed by atoms with E-state index in [1.807, 2.05) is 11.8 Å². The molecular weight excluding hydrogens is 346 g/mol. The lowest BCUT2D eigenvalue weighted by Gasteiger charge is -2.34. The minimum atomic E-state index is -0.422. The molecule has 140 valence electrons. The zero-order chi connectivity index (χ0) is 19.0. The van der Waals surface area contributed by atoms with E-state index in [2.05, 4.69) is 15.0 Å². The highest BCUT2D eigenvalue weighted by Crippen LogP contribution is 2.23. The van der Waals surface area contributed by atoms with Crippen molar-refractivity contribution in [1.29, 1.82) is 0 Å². The van der Waals surface area contributed by atoms with Crippen LogP contribution in [0.25, 0.3) is 0 Å². The lowest BCUT2D eigenvalue weighted by molar-refractivity contribution is 0.0744. The van der Waals surface area contributed by atoms with Crippen LogP contribution in [0.15, 0.2) is 29.3 Å². The molecule has 1 atom stereocenters. The summed E-state index contributed by atoms with van der Waals surface area (Å²) in [5.41, 5.74) is 0.745. The Hall–Kier alpha value is -3.03. The van der Waals surface area contributed by atoms with E-state index in [1.165, 1.54) is 6.07 Å². The standard InChI is InChI=1S/C19H21N5O3/c1-12-9-15-13(16(25)10-12)11-14(17(26)22-15)18(27)23-5-7-24(8-6-23)19-20-3-2-4-21-19/h2-4,11-12H,5-10H2,1H3,(H,22,26). The topological polar surface area (TPSA) is 99.3 Å². The summed E-state index contributed by atoms with van der Waals surface area (Å²) in [6.07, 6.45) is 4.47. The van der Waals surface area contributed by atoms with E-state index in [1.54, 1.807) is 23.4 Å². The molecule has 0 aromatic carbocycles. The zero-order valence-electron chi connectivity index (χ0n) is 15.1. The van der Waals surface area contributed by atoms with E-state index in [0.29, 0.717) is 56.2 Å². The van der Waals surface area contributed by atoms with Gasteiger partial charge in [-0.3, -0.25) is 14.4 Å². The van der Waals surface area contributed by atoms with Crippen molar-refractivity contribution in [3.8, 4) is 0 Å². The number of pyridine rings is 1. The van der Waals surface area contributed by atoms with Crippen LogP contribution >= 0.6 is 0 Å². The van der Waals surface area contributed by atoms with Gasteiger partial charge in [0.05, 0.1) is 0 Å². The fraction of sp³-hybridized carbons (Fsp3) is 0.421. The van der Waals surface area contributed by atoms with Crippen LogP contribution in [-0.4, -0.2) is 57.7 Å². The van der Waals surface area contributed by atoms with E-state index in [4.69, 9.17) is 0 Å². The number of fused-ring (bicyclic) bond motifs is 1. The Kier molecular flexibility index (Phi) is 4.47. The number of Topliss-reactive ketones (excluding diaryl/α,β-unsaturated/α-hetero) is 1. The Balaban J connectivity index is 1.52. The maximum Gasteiger partial charge on any atom is 0.261 e. The molecule has 3 heterocycles. The van der Waals surface area contributed by atoms with E-state index in [0.717, 1.165) is 0 Å². The lowest BCUT2D eigenvalue weighted by Crippen LogP contribution is -2.50. The monoisotopic (exact) mass is 367 g/mol. The highest BCUT2D eigenvalue weighted by atomic mass is 16.2. The lowest BCUT2D eigenvalue weighted by atomic mass is 9.86. The maximum atomic E-state index is 12.9. The first-order chi connectivity index (χ1) is 13.0. The Morgan fingerprint density at radius 2 is 1.81 bits per heavy atom. The molecule has 1 aliphatic carbocycles. The van der Waals surface area contributed by atoms with Gasteiger partial charge in [-0.2, -0.15) is 0 Å². The number of piperazine rings is 1. The third-order valence-electron chi connectivity index (χ3n) is 5.14. The number of carbonyl (C=O) groups is 2. The van der Waals surface area contributed by atoms with Crippen molar-refractivity contribution in [3.05, 3.63) is 51.7 Å². The second kappa shape index (κ2) is 6.94. The fourth-order valence-electron chi connectivity index (χ4n) is 3.72. The van der Waals surface area contributed by atoms with Gasteiger partial charge < -0.3 is 14.8 Å². The number of amides is 1. The molecule has 1 fully saturated rings. The molecule has 0 bridgehead atoms. The van der Waals surface area contributed by atoms with Crippen LogP contribution in [0, 0.1) is 5.92 Å². The van der Waals surface area contributed by atoms with Crippen LogP contribution in [0.3, 0.4) is 0 Å². The molecule has 2 aromatic rings. The van der Waals surface area contributed by atoms with E-state index in [9.17, 15) is 14.4 Å². The highest BCUT2D eigenvalue weighted by Gasteiger charge is 2.29. The van der Waals surface area contributed by atoms with Gasteiger partial charge >= 0.3 is 0 Å². The van der Waals surface area contributed by atoms with Gasteiger partial charge in [-0.25, -0.2) is 9.97 Å². The number of aromatic nitrogens is 3. The van der Waals surface area contributed by atoms with E-state index in [-0.39, 0.29) is 23.2 Å². The smallest absolute Gasteiger partial charge is 0.261 e. The van der Waals surface area contributed by atoms with Crippen LogP contribution in [0.5, 0.6) is 0 Å². The first kappa shape index (κ1) is 17.4. The number of H-pyrrole nitrogens is 1. The maximum absolute atomic E-state index is 12.9. The zero-order valence-corrected chi connectivity index (χ0v) is 15.1. The third kappa shape index (κ3) is 3.34. The second-order valence-electron chi connectivity index (χ2n) is 7.17. The van der Waals surface area contributed by atoms with Crippen LogP contribution in [0.2, 0.25) is 0 Å². The number of rotatable bonds is 2. The molecule has 2 aromatic heterocycles. The van der Waals surface area contributed by atoms with Gasteiger partial charge in [0.1, 0.15) is 5.56 Å². The summed E-state index contributed by atoms with van der Waals surface area (Å²) in [6.45, 7) is 4.11. The molecule has 1 N–H and O–H groups in total. The summed E-state index contributed by atoms with van der Waals surface area (Å²) in [6, 6.07) is 3.24. The summed E-state index contributed by atoms with van der Waals surface area (Å²) >= 11 is 0. The number of hydrogen-bond acceptors (Lipinski definition) is 6. The average Bonchev–Trinajstić information content (AvgIpc) is 2.68. The largest absolute Gasteiger partial charge is 0.337 e. The fourth-order valence-corrected chi connectivity index (χ4v) is 3.72. The van der Waals surface area contributed by atoms with Gasteiger partial charge in [0.25, 0.3) is 11.5 Å². The normalized spacial score (nSPS) is 19.7. The summed E-state index contributed by atoms with van der Waals surface area (Å²) < 4.78 is 0. The molecule has 1 unspecified atom stereocenters. The SMILES string of the molecule is CC1CC(=O)c2cc(C(=O)N3CCN(c4ncccn4)CC3)c(=O)[nH]c2C1. The summed E-state index contributed by atoms with van der Waals surface area (Å²) in [5.74, 6) is 0.491. The van der Waals surface area contributed by atoms with Crippen molar-refractivity contribution < 1.29 is 9.59 Å². The molecule has 1 aliphatic heterocycles. The molecule has 27 heavy (non-hydrogen) atoms. The molecular formula is C19H21N5O3. The average molecular weight is 367 g/mol. The quantitative estimate of drug-likeness (QED) is 0.846. The minimum absolute atomic E-state index is 0.0138. The predicted octanol–water partition coefficient (Wildman–Crippen LogP) is 0.892. The number of nitrogens with zero attached hydrogens (tertiary/aromatic N) is 4. The van der Waals surface area contributed by atoms with Gasteiger partial charge in [0.15, 0.2) is 5.78 Å². The summed E-state index contributed by atoms with van der Waals surface area (Å²) in [4.78, 5) is 52.4. The van der Waals surface area contributed by atoms with Gasteiger partial charge in [0, 0.05) is 56.3 Å². The Labute approximate surface area is 156 Å². The summed E-state index contributed by atoms with van der Waals surface area (Å²) in [7, 11) is 0. The van der Waals surface area contributed by atoms with Crippen LogP contribution in [0.4, 0.5) is 5.95 Å². The van der Waals surface area contributed by atoms with Crippen molar-refractivity contribution in [2.45, 2.75) is 19.8 Å². The van der Waals surface area contributed by atoms with Gasteiger partial charge in [-0.05, 0) is 24.5 Å². The molecule has 0 radical (unpaired) electrons. The minimum Gasteiger partial charge on any atom is -0.337 e. The molecule has 8 nitrogen and oxygen atoms in total. The Morgan fingerprint density at radius 3 is 2.52 bits per heavy atom. The van der Waals surface area contributed by atoms with Crippen LogP contribution in [0.1, 0.15) is 39.8 Å². The summed E-state index contributed by atoms with van der Waals surface area (Å²) in [5, 5.41) is 0. The Morgan fingerprint density at radius 1 is 1.11 bits per heavy atom. The molecule has 1 saturated heterocycles. The number of aromatic amines is 1. The Bertz CT molecular complexity index is 932. The first-order valence-electron chi connectivity index (χ1n) is 9.13. The van der Waals surface area contributed by atoms with Crippen molar-refractivity contribution in [3.63, 3.8) is 0 Å². The number of nitrogens with one attached hydrogen (secondary N) is 1. The number of carbonyl (C=O) groups excluding carboxylic acids is 2. The predicted molar refractivity (Wildman–Crippen MR) is 99.0 cm³/mol. The first-order valence-corrected chi connectivity index (χ1v) is 9.13. The van der Waals surface area contributed by atoms with Crippen LogP contribution < -0.4 is 10.5 Å². The van der Waals surface area contributed by atoms with Crippen molar-refractivity contribution in [1.82, 2.24) is 19.9 Å². The molecule has 8 heteroatoms. The second-order valence-corrected chi connectivity index (χ2v) is 7.17. The van der Waals surface area contributed by atoms with Crippen LogP contribution in [-0.2, 0) is 6.42 Å². The van der Waals surface area contributed by atoms with Crippen molar-refractivity contribution in [2.75, 3.05) is 31.1 Å². The van der Waals surface area contributed by atoms with E-state index < -0.39 is 5.56 Å². The highest BCUT2D eigenvalue weighted by molar-refractivity contribution is 6.01. The van der Waals surface area contributed by atoms with Crippen molar-refractivity contribution >= 4 is 17.6 Å². The van der Waals surface area contributed by atoms with Gasteiger partial charge in [-0.15, -0.1) is 0 Å². The molecule has 1 amide bonds. The molecule has 0 spiro atoms. The van der Waals surface area contributed by atoms with E-state index >= 15 is 0 Å². The van der Waals surface area contributed by atoms with Crippen molar-refractivity contribution in [2.24, 2.45) is 5.92 Å². The van der Waals surface area contributed by atoms with Gasteiger partial charge in [0.2, 0.25) is 5.95 Å². The molecule has 2 aliphatic rings. The number of ketones is 1. The molecule has 4 rings (SSSR count).